The molecule has 2 aliphatic rings. The van der Waals surface area contributed by atoms with E-state index in [-0.39, 0.29) is 23.2 Å². The number of carbonyl (C=O) groups is 1. The largest absolute Gasteiger partial charge is 0.497 e. The first kappa shape index (κ1) is 27.5. The number of piperidine rings is 1. The van der Waals surface area contributed by atoms with E-state index in [4.69, 9.17) is 27.9 Å². The minimum Gasteiger partial charge on any atom is -0.497 e. The number of nitrogens with one attached hydrogen (secondary N) is 1. The van der Waals surface area contributed by atoms with Crippen molar-refractivity contribution in [3.8, 4) is 5.75 Å². The third kappa shape index (κ3) is 5.78. The zero-order chi connectivity index (χ0) is 27.7. The number of fused-ring (bicyclic) bond motifs is 1. The number of halogens is 4. The summed E-state index contributed by atoms with van der Waals surface area (Å²) in [6, 6.07) is 13.2. The third-order valence-corrected chi connectivity index (χ3v) is 8.12. The zero-order valence-electron chi connectivity index (χ0n) is 21.4. The van der Waals surface area contributed by atoms with Gasteiger partial charge >= 0.3 is 0 Å². The molecular formula is C29H29Cl2F2N3O3. The second-order valence-electron chi connectivity index (χ2n) is 10.0. The maximum Gasteiger partial charge on any atom is 0.227 e. The number of anilines is 3. The first-order valence-electron chi connectivity index (χ1n) is 12.8. The van der Waals surface area contributed by atoms with E-state index >= 15 is 0 Å². The SMILES string of the molecule is COc1ccc(CN2C(=O)CCc3c(NCC4(O)CCN(c5cc(F)c(Cl)cc5F)CC4)ccc(Cl)c32)cc1. The lowest BCUT2D eigenvalue weighted by molar-refractivity contribution is -0.119. The molecule has 3 aromatic carbocycles. The first-order chi connectivity index (χ1) is 18.7. The maximum absolute atomic E-state index is 14.4. The molecular weight excluding hydrogens is 547 g/mol. The van der Waals surface area contributed by atoms with Crippen LogP contribution in [0.25, 0.3) is 0 Å². The summed E-state index contributed by atoms with van der Waals surface area (Å²) in [5.41, 5.74) is 2.46. The van der Waals surface area contributed by atoms with Crippen molar-refractivity contribution in [2.75, 3.05) is 41.9 Å². The summed E-state index contributed by atoms with van der Waals surface area (Å²) < 4.78 is 33.5. The molecule has 0 bridgehead atoms. The van der Waals surface area contributed by atoms with Crippen LogP contribution in [0.1, 0.15) is 30.4 Å². The molecule has 2 aliphatic heterocycles. The fraction of sp³-hybridized carbons (Fsp3) is 0.345. The highest BCUT2D eigenvalue weighted by Crippen LogP contribution is 2.41. The van der Waals surface area contributed by atoms with Gasteiger partial charge in [-0.15, -0.1) is 0 Å². The number of ether oxygens (including phenoxy) is 1. The Hall–Kier alpha value is -3.07. The lowest BCUT2D eigenvalue weighted by atomic mass is 9.90. The number of aliphatic hydroxyl groups is 1. The molecule has 0 unspecified atom stereocenters. The van der Waals surface area contributed by atoms with Crippen LogP contribution in [0.4, 0.5) is 25.8 Å². The average Bonchev–Trinajstić information content (AvgIpc) is 2.93. The molecule has 10 heteroatoms. The van der Waals surface area contributed by atoms with Crippen LogP contribution in [0.15, 0.2) is 48.5 Å². The van der Waals surface area contributed by atoms with E-state index in [1.54, 1.807) is 23.0 Å². The summed E-state index contributed by atoms with van der Waals surface area (Å²) in [7, 11) is 1.61. The number of carbonyl (C=O) groups excluding carboxylic acids is 1. The van der Waals surface area contributed by atoms with E-state index in [1.807, 2.05) is 30.3 Å². The van der Waals surface area contributed by atoms with E-state index in [0.717, 1.165) is 34.7 Å². The summed E-state index contributed by atoms with van der Waals surface area (Å²) >= 11 is 12.3. The lowest BCUT2D eigenvalue weighted by Gasteiger charge is -2.40. The quantitative estimate of drug-likeness (QED) is 0.328. The Morgan fingerprint density at radius 2 is 1.72 bits per heavy atom. The van der Waals surface area contributed by atoms with E-state index in [9.17, 15) is 18.7 Å². The summed E-state index contributed by atoms with van der Waals surface area (Å²) in [5.74, 6) is -0.536. The van der Waals surface area contributed by atoms with Gasteiger partial charge in [0.1, 0.15) is 17.4 Å². The molecule has 0 aliphatic carbocycles. The molecule has 0 saturated carbocycles. The molecule has 1 saturated heterocycles. The lowest BCUT2D eigenvalue weighted by Crippen LogP contribution is -2.48. The Labute approximate surface area is 236 Å². The highest BCUT2D eigenvalue weighted by molar-refractivity contribution is 6.34. The van der Waals surface area contributed by atoms with Gasteiger partial charge in [-0.05, 0) is 55.2 Å². The fourth-order valence-corrected chi connectivity index (χ4v) is 5.67. The highest BCUT2D eigenvalue weighted by Gasteiger charge is 2.34. The van der Waals surface area contributed by atoms with Crippen LogP contribution in [0.2, 0.25) is 10.0 Å². The number of hydrogen-bond donors (Lipinski definition) is 2. The smallest absolute Gasteiger partial charge is 0.227 e. The van der Waals surface area contributed by atoms with Crippen LogP contribution in [-0.4, -0.2) is 43.4 Å². The van der Waals surface area contributed by atoms with Gasteiger partial charge in [-0.1, -0.05) is 35.3 Å². The molecule has 206 valence electrons. The van der Waals surface area contributed by atoms with Crippen molar-refractivity contribution in [1.29, 1.82) is 0 Å². The predicted octanol–water partition coefficient (Wildman–Crippen LogP) is 6.20. The van der Waals surface area contributed by atoms with Crippen LogP contribution in [0.3, 0.4) is 0 Å². The normalized spacial score (nSPS) is 16.7. The van der Waals surface area contributed by atoms with Crippen LogP contribution in [-0.2, 0) is 17.8 Å². The van der Waals surface area contributed by atoms with Crippen LogP contribution in [0.5, 0.6) is 5.75 Å². The van der Waals surface area contributed by atoms with Gasteiger partial charge in [0, 0.05) is 43.4 Å². The molecule has 3 aromatic rings. The number of nitrogens with zero attached hydrogens (tertiary/aromatic N) is 2. The van der Waals surface area contributed by atoms with Crippen LogP contribution < -0.4 is 19.9 Å². The molecule has 2 N–H and O–H groups in total. The summed E-state index contributed by atoms with van der Waals surface area (Å²) in [6.07, 6.45) is 1.60. The predicted molar refractivity (Wildman–Crippen MR) is 150 cm³/mol. The summed E-state index contributed by atoms with van der Waals surface area (Å²) in [5, 5.41) is 14.9. The molecule has 0 aromatic heterocycles. The molecule has 1 amide bonds. The van der Waals surface area contributed by atoms with Crippen molar-refractivity contribution in [2.24, 2.45) is 0 Å². The monoisotopic (exact) mass is 575 g/mol. The van der Waals surface area contributed by atoms with Crippen LogP contribution >= 0.6 is 23.2 Å². The summed E-state index contributed by atoms with van der Waals surface area (Å²) in [4.78, 5) is 16.4. The minimum atomic E-state index is -1.04. The topological polar surface area (TPSA) is 65.0 Å². The average molecular weight is 576 g/mol. The number of hydrogen-bond acceptors (Lipinski definition) is 5. The molecule has 39 heavy (non-hydrogen) atoms. The Bertz CT molecular complexity index is 1380. The maximum atomic E-state index is 14.4. The standard InChI is InChI=1S/C29H29Cl2F2N3O3/c1-39-19-4-2-18(3-5-19)16-36-27(37)9-6-20-25(8-7-21(30)28(20)36)34-17-29(38)10-12-35(13-11-29)26-15-23(32)22(31)14-24(26)33/h2-5,7-8,14-15,34,38H,6,9-13,16-17H2,1H3. The molecule has 0 atom stereocenters. The third-order valence-electron chi connectivity index (χ3n) is 7.53. The second-order valence-corrected chi connectivity index (χ2v) is 10.8. The molecule has 1 fully saturated rings. The van der Waals surface area contributed by atoms with Crippen molar-refractivity contribution in [2.45, 2.75) is 37.8 Å². The van der Waals surface area contributed by atoms with Crippen LogP contribution in [0, 0.1) is 11.6 Å². The molecule has 2 heterocycles. The van der Waals surface area contributed by atoms with Crippen molar-refractivity contribution in [3.05, 3.63) is 81.3 Å². The van der Waals surface area contributed by atoms with Gasteiger partial charge in [0.25, 0.3) is 0 Å². The van der Waals surface area contributed by atoms with E-state index in [2.05, 4.69) is 5.32 Å². The molecule has 5 rings (SSSR count). The zero-order valence-corrected chi connectivity index (χ0v) is 23.0. The van der Waals surface area contributed by atoms with Crippen molar-refractivity contribution >= 4 is 46.2 Å². The van der Waals surface area contributed by atoms with Gasteiger partial charge in [0.2, 0.25) is 5.91 Å². The number of rotatable bonds is 7. The Balaban J connectivity index is 1.29. The number of methoxy groups -OCH3 is 1. The number of amides is 1. The van der Waals surface area contributed by atoms with Gasteiger partial charge in [-0.3, -0.25) is 4.79 Å². The van der Waals surface area contributed by atoms with E-state index in [0.29, 0.717) is 56.0 Å². The van der Waals surface area contributed by atoms with Crippen molar-refractivity contribution < 1.29 is 23.4 Å². The van der Waals surface area contributed by atoms with Gasteiger partial charge in [-0.2, -0.15) is 0 Å². The molecule has 0 radical (unpaired) electrons. The van der Waals surface area contributed by atoms with Crippen molar-refractivity contribution in [1.82, 2.24) is 0 Å². The molecule has 0 spiro atoms. The Kier molecular flexibility index (Phi) is 7.89. The number of benzene rings is 3. The van der Waals surface area contributed by atoms with Gasteiger partial charge in [0.05, 0.1) is 40.7 Å². The minimum absolute atomic E-state index is 0.00534. The fourth-order valence-electron chi connectivity index (χ4n) is 5.25. The Morgan fingerprint density at radius 3 is 2.41 bits per heavy atom. The van der Waals surface area contributed by atoms with Gasteiger partial charge in [-0.25, -0.2) is 8.78 Å². The Morgan fingerprint density at radius 1 is 1.00 bits per heavy atom. The second kappa shape index (κ2) is 11.2. The first-order valence-corrected chi connectivity index (χ1v) is 13.5. The highest BCUT2D eigenvalue weighted by atomic mass is 35.5. The summed E-state index contributed by atoms with van der Waals surface area (Å²) in [6.45, 7) is 1.36. The van der Waals surface area contributed by atoms with Crippen molar-refractivity contribution in [3.63, 3.8) is 0 Å². The van der Waals surface area contributed by atoms with E-state index < -0.39 is 17.2 Å². The van der Waals surface area contributed by atoms with Gasteiger partial charge < -0.3 is 25.0 Å². The van der Waals surface area contributed by atoms with Gasteiger partial charge in [0.15, 0.2) is 0 Å². The molecule has 6 nitrogen and oxygen atoms in total. The van der Waals surface area contributed by atoms with E-state index in [1.165, 1.54) is 0 Å².